The minimum Gasteiger partial charge on any atom is -0.496 e. The Balaban J connectivity index is 1.77. The quantitative estimate of drug-likeness (QED) is 0.262. The number of nitrogens with two attached hydrogens (primary N) is 1. The van der Waals surface area contributed by atoms with Crippen molar-refractivity contribution >= 4 is 5.95 Å². The van der Waals surface area contributed by atoms with Crippen LogP contribution in [0.3, 0.4) is 0 Å². The van der Waals surface area contributed by atoms with Crippen molar-refractivity contribution in [2.24, 2.45) is 0 Å². The lowest BCUT2D eigenvalue weighted by atomic mass is 9.82. The molecule has 4 N–H and O–H groups in total. The smallest absolute Gasteiger partial charge is 0.246 e. The Hall–Kier alpha value is -3.16. The number of aromatic nitrogens is 2. The predicted molar refractivity (Wildman–Crippen MR) is 159 cm³/mol. The number of methoxy groups -OCH3 is 1. The summed E-state index contributed by atoms with van der Waals surface area (Å²) in [6.45, 7) is 16.9. The van der Waals surface area contributed by atoms with Gasteiger partial charge in [-0.1, -0.05) is 72.7 Å². The van der Waals surface area contributed by atoms with Gasteiger partial charge in [0.15, 0.2) is 0 Å². The lowest BCUT2D eigenvalue weighted by molar-refractivity contribution is -0.0826. The van der Waals surface area contributed by atoms with E-state index in [2.05, 4.69) is 76.6 Å². The predicted octanol–water partition coefficient (Wildman–Crippen LogP) is 6.12. The van der Waals surface area contributed by atoms with Crippen molar-refractivity contribution in [1.82, 2.24) is 9.97 Å². The van der Waals surface area contributed by atoms with E-state index >= 15 is 0 Å². The number of aliphatic hydroxyl groups is 2. The Morgan fingerprint density at radius 1 is 0.975 bits per heavy atom. The molecule has 3 atom stereocenters. The van der Waals surface area contributed by atoms with E-state index in [9.17, 15) is 10.2 Å². The molecule has 0 saturated heterocycles. The summed E-state index contributed by atoms with van der Waals surface area (Å²) in [6.07, 6.45) is 0.203. The molecule has 1 heterocycles. The Labute approximate surface area is 238 Å². The second-order valence-electron chi connectivity index (χ2n) is 12.0. The maximum atomic E-state index is 11.8. The molecule has 0 bridgehead atoms. The lowest BCUT2D eigenvalue weighted by Crippen LogP contribution is -2.26. The zero-order valence-electron chi connectivity index (χ0n) is 25.4. The molecule has 3 unspecified atom stereocenters. The van der Waals surface area contributed by atoms with E-state index in [4.69, 9.17) is 15.2 Å². The van der Waals surface area contributed by atoms with Crippen molar-refractivity contribution in [3.05, 3.63) is 75.0 Å². The van der Waals surface area contributed by atoms with Gasteiger partial charge in [-0.15, -0.1) is 0 Å². The van der Waals surface area contributed by atoms with Gasteiger partial charge in [-0.05, 0) is 70.5 Å². The Morgan fingerprint density at radius 3 is 2.12 bits per heavy atom. The SMILES string of the molecule is CCc1ccc(Cc2c(C)nc(N)nc2OC2(O)C(O)C2c2c(C(C)C)cc(C(C)C)cc2C(C)C)c(OC)c1. The number of nitrogen functional groups attached to an aromatic ring is 1. The van der Waals surface area contributed by atoms with E-state index in [1.807, 2.05) is 19.1 Å². The van der Waals surface area contributed by atoms with Crippen LogP contribution in [0.25, 0.3) is 0 Å². The first-order chi connectivity index (χ1) is 18.8. The molecule has 1 saturated carbocycles. The second-order valence-corrected chi connectivity index (χ2v) is 12.0. The maximum Gasteiger partial charge on any atom is 0.246 e. The molecule has 3 aromatic rings. The largest absolute Gasteiger partial charge is 0.496 e. The number of aliphatic hydroxyl groups excluding tert-OH is 1. The molecule has 2 aromatic carbocycles. The van der Waals surface area contributed by atoms with Crippen LogP contribution < -0.4 is 15.2 Å². The molecule has 1 aromatic heterocycles. The molecule has 7 heteroatoms. The van der Waals surface area contributed by atoms with Crippen LogP contribution in [-0.2, 0) is 12.8 Å². The minimum atomic E-state index is -1.84. The number of nitrogens with zero attached hydrogens (tertiary/aromatic N) is 2. The number of benzene rings is 2. The normalized spacial score (nSPS) is 20.4. The second kappa shape index (κ2) is 11.4. The summed E-state index contributed by atoms with van der Waals surface area (Å²) in [5.74, 6) is -0.710. The van der Waals surface area contributed by atoms with Crippen molar-refractivity contribution in [3.63, 3.8) is 0 Å². The van der Waals surface area contributed by atoms with Crippen molar-refractivity contribution in [1.29, 1.82) is 0 Å². The first kappa shape index (κ1) is 29.8. The van der Waals surface area contributed by atoms with Gasteiger partial charge in [-0.3, -0.25) is 0 Å². The van der Waals surface area contributed by atoms with Gasteiger partial charge in [-0.2, -0.15) is 4.98 Å². The molecule has 1 aliphatic rings. The summed E-state index contributed by atoms with van der Waals surface area (Å²) >= 11 is 0. The zero-order valence-corrected chi connectivity index (χ0v) is 25.4. The van der Waals surface area contributed by atoms with Crippen LogP contribution in [0.5, 0.6) is 11.6 Å². The van der Waals surface area contributed by atoms with E-state index in [0.29, 0.717) is 23.6 Å². The Morgan fingerprint density at radius 2 is 1.60 bits per heavy atom. The number of anilines is 1. The average Bonchev–Trinajstić information content (AvgIpc) is 3.42. The van der Waals surface area contributed by atoms with Crippen LogP contribution >= 0.6 is 0 Å². The van der Waals surface area contributed by atoms with Gasteiger partial charge in [0.25, 0.3) is 0 Å². The van der Waals surface area contributed by atoms with Crippen LogP contribution in [0, 0.1) is 6.92 Å². The molecule has 216 valence electrons. The van der Waals surface area contributed by atoms with Crippen LogP contribution in [-0.4, -0.2) is 39.2 Å². The molecule has 40 heavy (non-hydrogen) atoms. The van der Waals surface area contributed by atoms with Gasteiger partial charge < -0.3 is 25.4 Å². The third-order valence-corrected chi connectivity index (χ3v) is 8.14. The Bertz CT molecular complexity index is 1360. The van der Waals surface area contributed by atoms with Crippen molar-refractivity contribution in [3.8, 4) is 11.6 Å². The topological polar surface area (TPSA) is 111 Å². The van der Waals surface area contributed by atoms with Crippen LogP contribution in [0.4, 0.5) is 5.95 Å². The summed E-state index contributed by atoms with van der Waals surface area (Å²) in [7, 11) is 1.65. The van der Waals surface area contributed by atoms with Crippen LogP contribution in [0.15, 0.2) is 30.3 Å². The van der Waals surface area contributed by atoms with Gasteiger partial charge in [0.2, 0.25) is 17.6 Å². The molecule has 0 spiro atoms. The van der Waals surface area contributed by atoms with E-state index < -0.39 is 17.8 Å². The van der Waals surface area contributed by atoms with Crippen LogP contribution in [0.1, 0.15) is 117 Å². The van der Waals surface area contributed by atoms with Gasteiger partial charge in [0.1, 0.15) is 11.9 Å². The van der Waals surface area contributed by atoms with Gasteiger partial charge in [0, 0.05) is 12.0 Å². The monoisotopic (exact) mass is 547 g/mol. The standard InChI is InChI=1S/C33H45N3O4/c1-10-21-11-12-22(27(13-21)39-9)14-26-20(8)35-32(34)36-31(26)40-33(38)29(30(33)37)28-24(18(4)5)15-23(17(2)3)16-25(28)19(6)7/h11-13,15-19,29-30,37-38H,10,14H2,1-9H3,(H2,34,35,36). The number of aryl methyl sites for hydroxylation is 2. The third-order valence-electron chi connectivity index (χ3n) is 8.14. The molecule has 1 fully saturated rings. The maximum absolute atomic E-state index is 11.8. The van der Waals surface area contributed by atoms with Crippen molar-refractivity contribution in [2.45, 2.75) is 104 Å². The molecular weight excluding hydrogens is 502 g/mol. The summed E-state index contributed by atoms with van der Waals surface area (Å²) in [5.41, 5.74) is 13.9. The average molecular weight is 548 g/mol. The van der Waals surface area contributed by atoms with E-state index in [-0.39, 0.29) is 23.7 Å². The summed E-state index contributed by atoms with van der Waals surface area (Å²) in [5, 5.41) is 23.0. The summed E-state index contributed by atoms with van der Waals surface area (Å²) < 4.78 is 11.9. The third kappa shape index (κ3) is 5.54. The van der Waals surface area contributed by atoms with Crippen molar-refractivity contribution in [2.75, 3.05) is 12.8 Å². The van der Waals surface area contributed by atoms with E-state index in [1.54, 1.807) is 7.11 Å². The fourth-order valence-electron chi connectivity index (χ4n) is 5.57. The zero-order chi connectivity index (χ0) is 29.5. The van der Waals surface area contributed by atoms with Crippen LogP contribution in [0.2, 0.25) is 0 Å². The molecule has 0 amide bonds. The summed E-state index contributed by atoms with van der Waals surface area (Å²) in [4.78, 5) is 8.76. The first-order valence-electron chi connectivity index (χ1n) is 14.4. The molecule has 1 aliphatic carbocycles. The first-order valence-corrected chi connectivity index (χ1v) is 14.4. The lowest BCUT2D eigenvalue weighted by Gasteiger charge is -2.24. The van der Waals surface area contributed by atoms with Crippen molar-refractivity contribution < 1.29 is 19.7 Å². The number of ether oxygens (including phenoxy) is 2. The fourth-order valence-corrected chi connectivity index (χ4v) is 5.57. The molecular formula is C33H45N3O4. The fraction of sp³-hybridized carbons (Fsp3) is 0.515. The van der Waals surface area contributed by atoms with Gasteiger partial charge >= 0.3 is 0 Å². The molecule has 0 aliphatic heterocycles. The highest BCUT2D eigenvalue weighted by atomic mass is 16.7. The van der Waals surface area contributed by atoms with E-state index in [0.717, 1.165) is 34.4 Å². The highest BCUT2D eigenvalue weighted by molar-refractivity contribution is 5.52. The highest BCUT2D eigenvalue weighted by Gasteiger charge is 2.69. The Kier molecular flexibility index (Phi) is 8.48. The number of hydrogen-bond donors (Lipinski definition) is 3. The molecule has 7 nitrogen and oxygen atoms in total. The van der Waals surface area contributed by atoms with E-state index in [1.165, 1.54) is 11.1 Å². The number of rotatable bonds is 10. The minimum absolute atomic E-state index is 0.0480. The van der Waals surface area contributed by atoms with Gasteiger partial charge in [0.05, 0.1) is 18.7 Å². The molecule has 0 radical (unpaired) electrons. The highest BCUT2D eigenvalue weighted by Crippen LogP contribution is 2.56. The van der Waals surface area contributed by atoms with Gasteiger partial charge in [-0.25, -0.2) is 4.98 Å². The summed E-state index contributed by atoms with van der Waals surface area (Å²) in [6, 6.07) is 10.6. The molecule has 4 rings (SSSR count). The number of hydrogen-bond acceptors (Lipinski definition) is 7.